The maximum Gasteiger partial charge on any atom is 0.250 e. The number of nitrogens with one attached hydrogen (secondary N) is 1. The summed E-state index contributed by atoms with van der Waals surface area (Å²) in [7, 11) is 1.91. The van der Waals surface area contributed by atoms with Crippen LogP contribution in [0.3, 0.4) is 0 Å². The average molecular weight is 364 g/mol. The first kappa shape index (κ1) is 18.6. The normalized spacial score (nSPS) is 10.8. The van der Waals surface area contributed by atoms with E-state index in [-0.39, 0.29) is 11.5 Å². The molecule has 1 aromatic carbocycles. The smallest absolute Gasteiger partial charge is 0.250 e. The van der Waals surface area contributed by atoms with Gasteiger partial charge in [0.1, 0.15) is 0 Å². The van der Waals surface area contributed by atoms with Gasteiger partial charge in [-0.25, -0.2) is 0 Å². The van der Waals surface area contributed by atoms with Crippen LogP contribution in [0.2, 0.25) is 0 Å². The maximum absolute atomic E-state index is 12.3. The van der Waals surface area contributed by atoms with Crippen molar-refractivity contribution in [2.75, 3.05) is 5.32 Å². The Morgan fingerprint density at radius 1 is 1.11 bits per heavy atom. The molecule has 2 heterocycles. The molecule has 1 N–H and O–H groups in total. The number of hydrogen-bond donors (Lipinski definition) is 1. The van der Waals surface area contributed by atoms with Gasteiger partial charge in [0.25, 0.3) is 5.56 Å². The summed E-state index contributed by atoms with van der Waals surface area (Å²) in [6.07, 6.45) is 2.85. The summed E-state index contributed by atoms with van der Waals surface area (Å²) >= 11 is 0. The number of pyridine rings is 1. The molecule has 0 spiro atoms. The number of aryl methyl sites for hydroxylation is 2. The highest BCUT2D eigenvalue weighted by molar-refractivity contribution is 5.90. The third-order valence-electron chi connectivity index (χ3n) is 4.75. The van der Waals surface area contributed by atoms with E-state index in [9.17, 15) is 9.59 Å². The lowest BCUT2D eigenvalue weighted by atomic mass is 10.1. The molecular formula is C21H24N4O2. The van der Waals surface area contributed by atoms with E-state index in [0.717, 1.165) is 28.2 Å². The fraction of sp³-hybridized carbons (Fsp3) is 0.286. The first-order valence-electron chi connectivity index (χ1n) is 8.97. The van der Waals surface area contributed by atoms with E-state index in [0.29, 0.717) is 19.4 Å². The number of benzene rings is 1. The van der Waals surface area contributed by atoms with Gasteiger partial charge in [0.15, 0.2) is 0 Å². The highest BCUT2D eigenvalue weighted by Crippen LogP contribution is 2.15. The minimum absolute atomic E-state index is 0.0234. The molecule has 0 fully saturated rings. The Morgan fingerprint density at radius 3 is 2.48 bits per heavy atom. The Labute approximate surface area is 158 Å². The fourth-order valence-corrected chi connectivity index (χ4v) is 3.12. The minimum Gasteiger partial charge on any atom is -0.326 e. The molecule has 3 rings (SSSR count). The molecule has 0 aliphatic carbocycles. The molecule has 2 aromatic heterocycles. The van der Waals surface area contributed by atoms with Crippen LogP contribution < -0.4 is 10.9 Å². The summed E-state index contributed by atoms with van der Waals surface area (Å²) in [6, 6.07) is 12.7. The monoisotopic (exact) mass is 364 g/mol. The number of rotatable bonds is 6. The summed E-state index contributed by atoms with van der Waals surface area (Å²) < 4.78 is 3.49. The predicted molar refractivity (Wildman–Crippen MR) is 106 cm³/mol. The zero-order chi connectivity index (χ0) is 19.4. The minimum atomic E-state index is -0.0316. The predicted octanol–water partition coefficient (Wildman–Crippen LogP) is 2.82. The maximum atomic E-state index is 12.3. The topological polar surface area (TPSA) is 68.9 Å². The van der Waals surface area contributed by atoms with Crippen LogP contribution in [-0.2, 0) is 24.8 Å². The Hall–Kier alpha value is -3.15. The molecule has 140 valence electrons. The summed E-state index contributed by atoms with van der Waals surface area (Å²) in [6.45, 7) is 4.49. The van der Waals surface area contributed by atoms with E-state index in [1.807, 2.05) is 55.9 Å². The second kappa shape index (κ2) is 8.03. The molecule has 6 heteroatoms. The Morgan fingerprint density at radius 2 is 1.85 bits per heavy atom. The van der Waals surface area contributed by atoms with Gasteiger partial charge in [-0.3, -0.25) is 14.3 Å². The summed E-state index contributed by atoms with van der Waals surface area (Å²) in [5, 5.41) is 7.31. The van der Waals surface area contributed by atoms with Crippen LogP contribution in [0.25, 0.3) is 0 Å². The van der Waals surface area contributed by atoms with Gasteiger partial charge in [0.05, 0.1) is 12.2 Å². The van der Waals surface area contributed by atoms with Gasteiger partial charge in [-0.05, 0) is 49.6 Å². The standard InChI is InChI=1S/C21H24N4O2/c1-15-19(16(2)24(3)23-15)11-12-20(26)22-18-9-7-17(8-10-18)14-25-13-5-4-6-21(25)27/h4-10,13H,11-12,14H2,1-3H3,(H,22,26). The molecule has 1 amide bonds. The zero-order valence-electron chi connectivity index (χ0n) is 15.9. The first-order valence-corrected chi connectivity index (χ1v) is 8.97. The van der Waals surface area contributed by atoms with Crippen molar-refractivity contribution in [2.24, 2.45) is 7.05 Å². The van der Waals surface area contributed by atoms with E-state index in [1.165, 1.54) is 0 Å². The van der Waals surface area contributed by atoms with E-state index < -0.39 is 0 Å². The van der Waals surface area contributed by atoms with Crippen molar-refractivity contribution in [3.05, 3.63) is 81.5 Å². The number of amides is 1. The van der Waals surface area contributed by atoms with Gasteiger partial charge in [-0.1, -0.05) is 18.2 Å². The van der Waals surface area contributed by atoms with Crippen molar-refractivity contribution < 1.29 is 4.79 Å². The lowest BCUT2D eigenvalue weighted by molar-refractivity contribution is -0.116. The van der Waals surface area contributed by atoms with Gasteiger partial charge < -0.3 is 9.88 Å². The molecule has 27 heavy (non-hydrogen) atoms. The molecule has 0 aliphatic heterocycles. The van der Waals surface area contributed by atoms with E-state index in [2.05, 4.69) is 10.4 Å². The van der Waals surface area contributed by atoms with Gasteiger partial charge in [0, 0.05) is 37.1 Å². The van der Waals surface area contributed by atoms with Crippen LogP contribution in [-0.4, -0.2) is 20.3 Å². The van der Waals surface area contributed by atoms with Crippen molar-refractivity contribution in [3.63, 3.8) is 0 Å². The molecule has 0 atom stereocenters. The molecule has 0 saturated heterocycles. The number of carbonyl (C=O) groups excluding carboxylic acids is 1. The van der Waals surface area contributed by atoms with Crippen molar-refractivity contribution in [3.8, 4) is 0 Å². The largest absolute Gasteiger partial charge is 0.326 e. The fourth-order valence-electron chi connectivity index (χ4n) is 3.12. The van der Waals surface area contributed by atoms with Gasteiger partial charge in [0.2, 0.25) is 5.91 Å². The van der Waals surface area contributed by atoms with Crippen LogP contribution in [0.1, 0.15) is 28.9 Å². The third kappa shape index (κ3) is 4.53. The highest BCUT2D eigenvalue weighted by atomic mass is 16.1. The molecule has 0 saturated carbocycles. The average Bonchev–Trinajstić information content (AvgIpc) is 2.89. The molecule has 3 aromatic rings. The number of anilines is 1. The molecule has 0 bridgehead atoms. The van der Waals surface area contributed by atoms with Gasteiger partial charge in [-0.15, -0.1) is 0 Å². The van der Waals surface area contributed by atoms with Crippen molar-refractivity contribution in [1.82, 2.24) is 14.3 Å². The third-order valence-corrected chi connectivity index (χ3v) is 4.75. The van der Waals surface area contributed by atoms with Crippen molar-refractivity contribution in [1.29, 1.82) is 0 Å². The Bertz CT molecular complexity index is 1000. The molecule has 0 aliphatic rings. The van der Waals surface area contributed by atoms with E-state index in [4.69, 9.17) is 0 Å². The van der Waals surface area contributed by atoms with Gasteiger partial charge in [-0.2, -0.15) is 5.10 Å². The van der Waals surface area contributed by atoms with Crippen molar-refractivity contribution >= 4 is 11.6 Å². The SMILES string of the molecule is Cc1nn(C)c(C)c1CCC(=O)Nc1ccc(Cn2ccccc2=O)cc1. The molecule has 0 unspecified atom stereocenters. The van der Waals surface area contributed by atoms with Crippen LogP contribution in [0, 0.1) is 13.8 Å². The lowest BCUT2D eigenvalue weighted by Gasteiger charge is -2.08. The number of carbonyl (C=O) groups is 1. The Kier molecular flexibility index (Phi) is 5.54. The van der Waals surface area contributed by atoms with Gasteiger partial charge >= 0.3 is 0 Å². The summed E-state index contributed by atoms with van der Waals surface area (Å²) in [4.78, 5) is 24.0. The second-order valence-electron chi connectivity index (χ2n) is 6.68. The van der Waals surface area contributed by atoms with Crippen LogP contribution >= 0.6 is 0 Å². The van der Waals surface area contributed by atoms with Crippen LogP contribution in [0.15, 0.2) is 53.5 Å². The number of hydrogen-bond acceptors (Lipinski definition) is 3. The first-order chi connectivity index (χ1) is 12.9. The van der Waals surface area contributed by atoms with Crippen LogP contribution in [0.4, 0.5) is 5.69 Å². The van der Waals surface area contributed by atoms with Crippen LogP contribution in [0.5, 0.6) is 0 Å². The van der Waals surface area contributed by atoms with E-state index >= 15 is 0 Å². The molecule has 6 nitrogen and oxygen atoms in total. The zero-order valence-corrected chi connectivity index (χ0v) is 15.9. The number of nitrogens with zero attached hydrogens (tertiary/aromatic N) is 3. The lowest BCUT2D eigenvalue weighted by Crippen LogP contribution is -2.18. The summed E-state index contributed by atoms with van der Waals surface area (Å²) in [5.74, 6) is -0.0234. The Balaban J connectivity index is 1.57. The quantitative estimate of drug-likeness (QED) is 0.731. The van der Waals surface area contributed by atoms with E-state index in [1.54, 1.807) is 22.9 Å². The van der Waals surface area contributed by atoms with Crippen molar-refractivity contribution in [2.45, 2.75) is 33.2 Å². The molecular weight excluding hydrogens is 340 g/mol. The molecule has 0 radical (unpaired) electrons. The summed E-state index contributed by atoms with van der Waals surface area (Å²) in [5.41, 5.74) is 4.93. The second-order valence-corrected chi connectivity index (χ2v) is 6.68. The highest BCUT2D eigenvalue weighted by Gasteiger charge is 2.11. The number of aromatic nitrogens is 3.